The zero-order chi connectivity index (χ0) is 14.5. The summed E-state index contributed by atoms with van der Waals surface area (Å²) in [6.45, 7) is 0.512. The third kappa shape index (κ3) is 4.38. The van der Waals surface area contributed by atoms with Crippen molar-refractivity contribution in [3.8, 4) is 5.75 Å². The van der Waals surface area contributed by atoms with E-state index in [4.69, 9.17) is 45.3 Å². The van der Waals surface area contributed by atoms with Crippen LogP contribution in [-0.4, -0.2) is 12.4 Å². The van der Waals surface area contributed by atoms with Crippen LogP contribution in [-0.2, 0) is 0 Å². The van der Waals surface area contributed by atoms with Crippen molar-refractivity contribution in [2.75, 3.05) is 18.1 Å². The van der Waals surface area contributed by atoms with Crippen LogP contribution in [0.1, 0.15) is 0 Å². The Hall–Kier alpha value is -0.740. The first-order valence-electron chi connectivity index (χ1n) is 5.82. The van der Waals surface area contributed by atoms with Gasteiger partial charge in [-0.3, -0.25) is 0 Å². The van der Waals surface area contributed by atoms with Gasteiger partial charge in [-0.15, -0.1) is 11.8 Å². The second-order valence-corrected chi connectivity index (χ2v) is 6.37. The number of nitrogens with two attached hydrogens (primary N) is 1. The fourth-order valence-corrected chi connectivity index (χ4v) is 3.06. The van der Waals surface area contributed by atoms with Gasteiger partial charge in [-0.05, 0) is 36.4 Å². The molecule has 2 aromatic carbocycles. The molecule has 0 saturated heterocycles. The number of hydrogen-bond acceptors (Lipinski definition) is 3. The van der Waals surface area contributed by atoms with Crippen LogP contribution in [0.4, 0.5) is 5.69 Å². The molecule has 0 heterocycles. The fraction of sp³-hybridized carbons (Fsp3) is 0.143. The Morgan fingerprint density at radius 1 is 1.00 bits per heavy atom. The second kappa shape index (κ2) is 7.32. The topological polar surface area (TPSA) is 35.2 Å². The highest BCUT2D eigenvalue weighted by Crippen LogP contribution is 2.30. The molecule has 0 aliphatic carbocycles. The van der Waals surface area contributed by atoms with Gasteiger partial charge in [0.05, 0.1) is 11.6 Å². The number of thioether (sulfide) groups is 1. The van der Waals surface area contributed by atoms with Crippen molar-refractivity contribution in [3.63, 3.8) is 0 Å². The fourth-order valence-electron chi connectivity index (χ4n) is 1.53. The molecule has 0 unspecified atom stereocenters. The number of anilines is 1. The highest BCUT2D eigenvalue weighted by molar-refractivity contribution is 7.99. The molecule has 0 fully saturated rings. The smallest absolute Gasteiger partial charge is 0.138 e. The zero-order valence-corrected chi connectivity index (χ0v) is 13.5. The molecule has 0 atom stereocenters. The number of hydrogen-bond donors (Lipinski definition) is 1. The van der Waals surface area contributed by atoms with Gasteiger partial charge in [-0.2, -0.15) is 0 Å². The molecule has 6 heteroatoms. The third-order valence-electron chi connectivity index (χ3n) is 2.47. The first-order chi connectivity index (χ1) is 9.56. The van der Waals surface area contributed by atoms with E-state index in [0.29, 0.717) is 33.1 Å². The molecular formula is C14H12Cl3NOS. The maximum absolute atomic E-state index is 6.02. The van der Waals surface area contributed by atoms with Crippen LogP contribution in [0, 0.1) is 0 Å². The van der Waals surface area contributed by atoms with E-state index in [1.165, 1.54) is 0 Å². The summed E-state index contributed by atoms with van der Waals surface area (Å²) in [5.41, 5.74) is 6.58. The number of ether oxygens (including phenoxy) is 1. The van der Waals surface area contributed by atoms with Crippen LogP contribution < -0.4 is 10.5 Å². The summed E-state index contributed by atoms with van der Waals surface area (Å²) in [5.74, 6) is 1.36. The lowest BCUT2D eigenvalue weighted by Crippen LogP contribution is -2.01. The number of benzene rings is 2. The summed E-state index contributed by atoms with van der Waals surface area (Å²) in [6, 6.07) is 10.6. The summed E-state index contributed by atoms with van der Waals surface area (Å²) in [5, 5.41) is 1.76. The minimum Gasteiger partial charge on any atom is -0.491 e. The quantitative estimate of drug-likeness (QED) is 0.446. The predicted molar refractivity (Wildman–Crippen MR) is 88.5 cm³/mol. The molecule has 0 aliphatic rings. The van der Waals surface area contributed by atoms with Gasteiger partial charge in [0, 0.05) is 26.4 Å². The molecule has 2 N–H and O–H groups in total. The Labute approximate surface area is 137 Å². The lowest BCUT2D eigenvalue weighted by molar-refractivity contribution is 0.344. The summed E-state index contributed by atoms with van der Waals surface area (Å²) in [6.07, 6.45) is 0. The molecule has 0 aliphatic heterocycles. The maximum Gasteiger partial charge on any atom is 0.138 e. The van der Waals surface area contributed by atoms with Gasteiger partial charge in [0.15, 0.2) is 0 Å². The summed E-state index contributed by atoms with van der Waals surface area (Å²) in [7, 11) is 0. The predicted octanol–water partition coefficient (Wildman–Crippen LogP) is 5.40. The summed E-state index contributed by atoms with van der Waals surface area (Å²) < 4.78 is 5.60. The van der Waals surface area contributed by atoms with E-state index < -0.39 is 0 Å². The minimum absolute atomic E-state index is 0.504. The molecule has 106 valence electrons. The monoisotopic (exact) mass is 347 g/mol. The van der Waals surface area contributed by atoms with Gasteiger partial charge in [-0.1, -0.05) is 34.8 Å². The van der Waals surface area contributed by atoms with Crippen LogP contribution in [0.15, 0.2) is 41.3 Å². The molecule has 20 heavy (non-hydrogen) atoms. The summed E-state index contributed by atoms with van der Waals surface area (Å²) in [4.78, 5) is 0.948. The van der Waals surface area contributed by atoms with Gasteiger partial charge in [-0.25, -0.2) is 0 Å². The molecule has 0 saturated carbocycles. The zero-order valence-electron chi connectivity index (χ0n) is 10.4. The third-order valence-corrected chi connectivity index (χ3v) is 4.27. The largest absolute Gasteiger partial charge is 0.491 e. The first kappa shape index (κ1) is 15.6. The lowest BCUT2D eigenvalue weighted by atomic mass is 10.3. The lowest BCUT2D eigenvalue weighted by Gasteiger charge is -2.09. The van der Waals surface area contributed by atoms with E-state index in [9.17, 15) is 0 Å². The Balaban J connectivity index is 1.86. The van der Waals surface area contributed by atoms with Gasteiger partial charge in [0.1, 0.15) is 5.75 Å². The van der Waals surface area contributed by atoms with Crippen molar-refractivity contribution in [3.05, 3.63) is 51.5 Å². The van der Waals surface area contributed by atoms with E-state index in [2.05, 4.69) is 0 Å². The molecule has 2 rings (SSSR count). The van der Waals surface area contributed by atoms with Crippen molar-refractivity contribution in [2.24, 2.45) is 0 Å². The highest BCUT2D eigenvalue weighted by Gasteiger charge is 2.04. The number of nitrogen functional groups attached to an aromatic ring is 1. The standard InChI is InChI=1S/C14H12Cl3NOS/c15-9-2-4-13(11(17)7-9)19-5-6-20-14-8-10(16)1-3-12(14)18/h1-4,7-8H,5-6,18H2. The van der Waals surface area contributed by atoms with E-state index in [1.807, 2.05) is 6.07 Å². The Kier molecular flexibility index (Phi) is 5.73. The Morgan fingerprint density at radius 3 is 2.45 bits per heavy atom. The highest BCUT2D eigenvalue weighted by atomic mass is 35.5. The van der Waals surface area contributed by atoms with E-state index in [0.717, 1.165) is 10.6 Å². The van der Waals surface area contributed by atoms with Crippen molar-refractivity contribution >= 4 is 52.3 Å². The van der Waals surface area contributed by atoms with E-state index >= 15 is 0 Å². The SMILES string of the molecule is Nc1ccc(Cl)cc1SCCOc1ccc(Cl)cc1Cl. The normalized spacial score (nSPS) is 10.6. The average Bonchev–Trinajstić information content (AvgIpc) is 2.40. The van der Waals surface area contributed by atoms with Gasteiger partial charge >= 0.3 is 0 Å². The molecule has 0 bridgehead atoms. The van der Waals surface area contributed by atoms with Crippen molar-refractivity contribution in [1.29, 1.82) is 0 Å². The first-order valence-corrected chi connectivity index (χ1v) is 7.94. The molecule has 0 aromatic heterocycles. The average molecular weight is 349 g/mol. The van der Waals surface area contributed by atoms with Crippen LogP contribution in [0.3, 0.4) is 0 Å². The van der Waals surface area contributed by atoms with Crippen molar-refractivity contribution in [2.45, 2.75) is 4.90 Å². The van der Waals surface area contributed by atoms with Crippen LogP contribution in [0.25, 0.3) is 0 Å². The summed E-state index contributed by atoms with van der Waals surface area (Å²) >= 11 is 19.4. The molecule has 2 nitrogen and oxygen atoms in total. The maximum atomic E-state index is 6.02. The van der Waals surface area contributed by atoms with Crippen molar-refractivity contribution < 1.29 is 4.74 Å². The van der Waals surface area contributed by atoms with Gasteiger partial charge < -0.3 is 10.5 Å². The van der Waals surface area contributed by atoms with Crippen LogP contribution in [0.5, 0.6) is 5.75 Å². The van der Waals surface area contributed by atoms with Gasteiger partial charge in [0.2, 0.25) is 0 Å². The van der Waals surface area contributed by atoms with Crippen LogP contribution in [0.2, 0.25) is 15.1 Å². The molecule has 0 amide bonds. The Morgan fingerprint density at radius 2 is 1.70 bits per heavy atom. The molecular weight excluding hydrogens is 337 g/mol. The second-order valence-electron chi connectivity index (χ2n) is 3.95. The molecule has 2 aromatic rings. The number of halogens is 3. The Bertz CT molecular complexity index is 607. The van der Waals surface area contributed by atoms with Crippen molar-refractivity contribution in [1.82, 2.24) is 0 Å². The van der Waals surface area contributed by atoms with Gasteiger partial charge in [0.25, 0.3) is 0 Å². The molecule has 0 radical (unpaired) electrons. The minimum atomic E-state index is 0.504. The van der Waals surface area contributed by atoms with E-state index in [-0.39, 0.29) is 0 Å². The van der Waals surface area contributed by atoms with E-state index in [1.54, 1.807) is 42.1 Å². The van der Waals surface area contributed by atoms with Crippen LogP contribution >= 0.6 is 46.6 Å². The number of rotatable bonds is 5. The molecule has 0 spiro atoms.